The molecule has 0 aromatic heterocycles. The van der Waals surface area contributed by atoms with Crippen molar-refractivity contribution in [3.05, 3.63) is 47.5 Å². The molecule has 0 radical (unpaired) electrons. The van der Waals surface area contributed by atoms with Crippen molar-refractivity contribution >= 4 is 23.3 Å². The average Bonchev–Trinajstić information content (AvgIpc) is 3.05. The van der Waals surface area contributed by atoms with Crippen LogP contribution in [0.2, 0.25) is 0 Å². The molecule has 2 unspecified atom stereocenters. The predicted octanol–water partition coefficient (Wildman–Crippen LogP) is 3.73. The third kappa shape index (κ3) is 5.09. The van der Waals surface area contributed by atoms with Gasteiger partial charge in [0.2, 0.25) is 0 Å². The number of rotatable bonds is 8. The van der Waals surface area contributed by atoms with Crippen molar-refractivity contribution in [2.45, 2.75) is 46.3 Å². The second-order valence-corrected chi connectivity index (χ2v) is 12.0. The number of aliphatic carboxylic acids is 1. The fourth-order valence-electron chi connectivity index (χ4n) is 6.69. The summed E-state index contributed by atoms with van der Waals surface area (Å²) in [6.07, 6.45) is -0.473. The molecule has 1 saturated heterocycles. The van der Waals surface area contributed by atoms with Crippen LogP contribution in [0.3, 0.4) is 0 Å². The minimum absolute atomic E-state index is 0.0702. The Kier molecular flexibility index (Phi) is 8.50. The van der Waals surface area contributed by atoms with E-state index in [0.717, 1.165) is 0 Å². The summed E-state index contributed by atoms with van der Waals surface area (Å²) >= 11 is 0. The molecule has 2 aliphatic heterocycles. The SMILES string of the molecule is COc1ccc2c(c1)C(c1cccc(OC)c1OC)OCC(=O)[N+]2(CC(C)(C)C)[C@@H]1CCNC[C@@]1(C(C)=O)C(=O)O. The number of amides is 1. The van der Waals surface area contributed by atoms with Gasteiger partial charge in [-0.2, -0.15) is 0 Å². The first-order valence-electron chi connectivity index (χ1n) is 13.7. The summed E-state index contributed by atoms with van der Waals surface area (Å²) in [6.45, 7) is 7.67. The number of benzene rings is 2. The molecule has 0 aliphatic carbocycles. The number of carbonyl (C=O) groups is 3. The molecule has 2 aromatic rings. The summed E-state index contributed by atoms with van der Waals surface area (Å²) in [4.78, 5) is 41.1. The summed E-state index contributed by atoms with van der Waals surface area (Å²) < 4.78 is 23.0. The van der Waals surface area contributed by atoms with Gasteiger partial charge in [0, 0.05) is 36.6 Å². The fraction of sp³-hybridized carbons (Fsp3) is 0.516. The number of hydrogen-bond acceptors (Lipinski definition) is 8. The smallest absolute Gasteiger partial charge is 0.344 e. The number of carbonyl (C=O) groups excluding carboxylic acids is 2. The number of piperidine rings is 1. The molecule has 10 heteroatoms. The average molecular weight is 570 g/mol. The van der Waals surface area contributed by atoms with E-state index in [1.165, 1.54) is 6.92 Å². The van der Waals surface area contributed by atoms with E-state index in [4.69, 9.17) is 18.9 Å². The standard InChI is InChI=1S/C31H40N2O8/c1-19(34)31(29(36)37)17-32-14-13-25(31)33(18-30(2,3)4)23-12-11-20(38-5)15-22(23)27(41-16-26(33)35)21-9-8-10-24(39-6)28(21)40-7/h8-12,15,25,27,32H,13-14,16-18H2,1-7H3/p+1/t25-,27?,31+,33?/m1/s1. The van der Waals surface area contributed by atoms with Gasteiger partial charge >= 0.3 is 11.9 Å². The molecule has 0 saturated carbocycles. The summed E-state index contributed by atoms with van der Waals surface area (Å²) in [5, 5.41) is 13.8. The van der Waals surface area contributed by atoms with Crippen LogP contribution in [-0.4, -0.2) is 76.4 Å². The predicted molar refractivity (Wildman–Crippen MR) is 153 cm³/mol. The van der Waals surface area contributed by atoms with Crippen LogP contribution in [0.1, 0.15) is 51.3 Å². The molecule has 0 bridgehead atoms. The second-order valence-electron chi connectivity index (χ2n) is 12.0. The molecule has 2 aliphatic rings. The van der Waals surface area contributed by atoms with E-state index in [1.807, 2.05) is 45.0 Å². The lowest BCUT2D eigenvalue weighted by atomic mass is 9.70. The van der Waals surface area contributed by atoms with E-state index in [1.54, 1.807) is 33.5 Å². The van der Waals surface area contributed by atoms with E-state index in [2.05, 4.69) is 5.32 Å². The molecule has 41 heavy (non-hydrogen) atoms. The van der Waals surface area contributed by atoms with Crippen molar-refractivity contribution < 1.29 is 38.4 Å². The van der Waals surface area contributed by atoms with Gasteiger partial charge in [0.05, 0.1) is 33.4 Å². The number of nitrogens with one attached hydrogen (secondary N) is 1. The third-order valence-electron chi connectivity index (χ3n) is 8.31. The number of Topliss-reactive ketones (excluding diaryl/α,β-unsaturated/α-hetero) is 1. The van der Waals surface area contributed by atoms with Crippen molar-refractivity contribution in [1.82, 2.24) is 9.80 Å². The second kappa shape index (κ2) is 11.4. The van der Waals surface area contributed by atoms with Gasteiger partial charge < -0.3 is 29.4 Å². The number of ether oxygens (including phenoxy) is 4. The van der Waals surface area contributed by atoms with Gasteiger partial charge in [0.25, 0.3) is 0 Å². The van der Waals surface area contributed by atoms with Gasteiger partial charge in [-0.25, -0.2) is 9.28 Å². The molecular weight excluding hydrogens is 528 g/mol. The molecule has 0 spiro atoms. The maximum Gasteiger partial charge on any atom is 0.344 e. The number of quaternary nitrogens is 1. The van der Waals surface area contributed by atoms with Crippen LogP contribution in [-0.2, 0) is 19.1 Å². The minimum Gasteiger partial charge on any atom is -0.497 e. The Morgan fingerprint density at radius 3 is 2.41 bits per heavy atom. The van der Waals surface area contributed by atoms with Crippen molar-refractivity contribution in [3.8, 4) is 17.2 Å². The highest BCUT2D eigenvalue weighted by atomic mass is 16.5. The van der Waals surface area contributed by atoms with E-state index in [0.29, 0.717) is 47.0 Å². The van der Waals surface area contributed by atoms with Crippen LogP contribution < -0.4 is 24.0 Å². The summed E-state index contributed by atoms with van der Waals surface area (Å²) in [6, 6.07) is 9.98. The van der Waals surface area contributed by atoms with Crippen LogP contribution in [0.25, 0.3) is 0 Å². The Balaban J connectivity index is 2.12. The van der Waals surface area contributed by atoms with Gasteiger partial charge in [-0.05, 0) is 25.1 Å². The fourth-order valence-corrected chi connectivity index (χ4v) is 6.69. The quantitative estimate of drug-likeness (QED) is 0.362. The highest BCUT2D eigenvalue weighted by Gasteiger charge is 2.65. The highest BCUT2D eigenvalue weighted by Crippen LogP contribution is 2.51. The Bertz CT molecular complexity index is 1320. The number of methoxy groups -OCH3 is 3. The molecule has 2 N–H and O–H groups in total. The third-order valence-corrected chi connectivity index (χ3v) is 8.31. The van der Waals surface area contributed by atoms with Crippen molar-refractivity contribution in [3.63, 3.8) is 0 Å². The minimum atomic E-state index is -1.83. The largest absolute Gasteiger partial charge is 0.497 e. The Morgan fingerprint density at radius 1 is 1.10 bits per heavy atom. The first kappa shape index (κ1) is 30.5. The molecule has 1 amide bonds. The van der Waals surface area contributed by atoms with Gasteiger partial charge in [-0.3, -0.25) is 9.59 Å². The maximum absolute atomic E-state index is 14.7. The number of hydrogen-bond donors (Lipinski definition) is 2. The summed E-state index contributed by atoms with van der Waals surface area (Å²) in [5.74, 6) is -0.537. The lowest BCUT2D eigenvalue weighted by molar-refractivity contribution is -0.164. The number of carboxylic acids is 1. The van der Waals surface area contributed by atoms with Crippen molar-refractivity contribution in [2.75, 3.05) is 47.6 Å². The van der Waals surface area contributed by atoms with E-state index >= 15 is 0 Å². The molecule has 4 atom stereocenters. The molecule has 2 aromatic carbocycles. The number of ketones is 1. The van der Waals surface area contributed by atoms with Gasteiger partial charge in [-0.15, -0.1) is 0 Å². The highest BCUT2D eigenvalue weighted by molar-refractivity contribution is 6.05. The van der Waals surface area contributed by atoms with Crippen LogP contribution in [0.4, 0.5) is 5.69 Å². The molecule has 1 fully saturated rings. The van der Waals surface area contributed by atoms with Gasteiger partial charge in [0.15, 0.2) is 29.3 Å². The van der Waals surface area contributed by atoms with Crippen molar-refractivity contribution in [1.29, 1.82) is 0 Å². The lowest BCUT2D eigenvalue weighted by Gasteiger charge is -2.51. The van der Waals surface area contributed by atoms with E-state index < -0.39 is 34.7 Å². The number of carboxylic acid groups (broad SMARTS) is 1. The molecule has 4 rings (SSSR count). The topological polar surface area (TPSA) is 120 Å². The van der Waals surface area contributed by atoms with Gasteiger partial charge in [0.1, 0.15) is 23.6 Å². The summed E-state index contributed by atoms with van der Waals surface area (Å²) in [7, 11) is 4.64. The van der Waals surface area contributed by atoms with Crippen molar-refractivity contribution in [2.24, 2.45) is 10.8 Å². The summed E-state index contributed by atoms with van der Waals surface area (Å²) in [5.41, 5.74) is -0.411. The Hall–Kier alpha value is -3.47. The first-order valence-corrected chi connectivity index (χ1v) is 13.7. The number of fused-ring (bicyclic) bond motifs is 1. The zero-order valence-electron chi connectivity index (χ0n) is 24.9. The number of nitrogens with zero attached hydrogens (tertiary/aromatic N) is 1. The van der Waals surface area contributed by atoms with Crippen LogP contribution in [0.15, 0.2) is 36.4 Å². The zero-order valence-corrected chi connectivity index (χ0v) is 24.9. The number of para-hydroxylation sites is 1. The van der Waals surface area contributed by atoms with E-state index in [-0.39, 0.29) is 30.1 Å². The molecule has 2 heterocycles. The Morgan fingerprint density at radius 2 is 1.83 bits per heavy atom. The van der Waals surface area contributed by atoms with E-state index in [9.17, 15) is 19.5 Å². The molecule has 10 nitrogen and oxygen atoms in total. The molecule has 222 valence electrons. The van der Waals surface area contributed by atoms with Crippen LogP contribution in [0, 0.1) is 10.8 Å². The first-order chi connectivity index (χ1) is 19.4. The normalized spacial score (nSPS) is 26.5. The van der Waals surface area contributed by atoms with Gasteiger partial charge in [-0.1, -0.05) is 32.9 Å². The molecular formula is C31H41N2O8+. The van der Waals surface area contributed by atoms with Crippen LogP contribution in [0.5, 0.6) is 17.2 Å². The monoisotopic (exact) mass is 569 g/mol. The maximum atomic E-state index is 14.7. The lowest BCUT2D eigenvalue weighted by Crippen LogP contribution is -2.75. The Labute approximate surface area is 241 Å². The zero-order chi connectivity index (χ0) is 30.2. The van der Waals surface area contributed by atoms with Crippen LogP contribution >= 0.6 is 0 Å².